The minimum absolute atomic E-state index is 0.733. The maximum absolute atomic E-state index is 4.94. The summed E-state index contributed by atoms with van der Waals surface area (Å²) in [7, 11) is 0. The van der Waals surface area contributed by atoms with Crippen LogP contribution in [-0.2, 0) is 10.8 Å². The van der Waals surface area contributed by atoms with E-state index in [1.165, 1.54) is 6.42 Å². The summed E-state index contributed by atoms with van der Waals surface area (Å²) in [4.78, 5) is 4.18. The van der Waals surface area contributed by atoms with Gasteiger partial charge in [-0.1, -0.05) is 41.1 Å². The second kappa shape index (κ2) is 4.69. The Balaban J connectivity index is 2.44. The van der Waals surface area contributed by atoms with E-state index in [0.29, 0.717) is 0 Å². The third kappa shape index (κ3) is 2.76. The summed E-state index contributed by atoms with van der Waals surface area (Å²) in [6.07, 6.45) is 3.25. The number of hydrogen-bond acceptors (Lipinski definition) is 3. The van der Waals surface area contributed by atoms with Gasteiger partial charge in [0, 0.05) is 6.42 Å². The maximum atomic E-state index is 4.94. The van der Waals surface area contributed by atoms with Gasteiger partial charge in [0.15, 0.2) is 5.82 Å². The molecule has 1 aromatic heterocycles. The summed E-state index contributed by atoms with van der Waals surface area (Å²) >= 11 is 2.21. The number of halogens is 1. The lowest BCUT2D eigenvalue weighted by molar-refractivity contribution is 0.386. The van der Waals surface area contributed by atoms with Gasteiger partial charge in [0.2, 0.25) is 5.89 Å². The molecule has 0 radical (unpaired) electrons. The number of unbranched alkanes of at least 4 members (excludes halogenated alkanes) is 1. The van der Waals surface area contributed by atoms with Crippen molar-refractivity contribution in [1.29, 1.82) is 0 Å². The normalized spacial score (nSPS) is 10.4. The number of hydrogen-bond donors (Lipinski definition) is 0. The minimum atomic E-state index is 0.733. The maximum Gasteiger partial charge on any atom is 0.236 e. The highest BCUT2D eigenvalue weighted by atomic mass is 127. The Morgan fingerprint density at radius 3 is 2.91 bits per heavy atom. The van der Waals surface area contributed by atoms with Crippen LogP contribution >= 0.6 is 22.6 Å². The van der Waals surface area contributed by atoms with Crippen molar-refractivity contribution in [2.24, 2.45) is 0 Å². The van der Waals surface area contributed by atoms with E-state index in [2.05, 4.69) is 39.7 Å². The second-order valence-electron chi connectivity index (χ2n) is 2.34. The van der Waals surface area contributed by atoms with Gasteiger partial charge in [0.25, 0.3) is 0 Å². The zero-order valence-electron chi connectivity index (χ0n) is 6.51. The molecule has 62 valence electrons. The number of aromatic nitrogens is 2. The van der Waals surface area contributed by atoms with E-state index in [-0.39, 0.29) is 0 Å². The van der Waals surface area contributed by atoms with E-state index in [1.54, 1.807) is 0 Å². The third-order valence-corrected chi connectivity index (χ3v) is 2.03. The van der Waals surface area contributed by atoms with Crippen molar-refractivity contribution in [2.75, 3.05) is 0 Å². The number of alkyl halides is 1. The highest BCUT2D eigenvalue weighted by Gasteiger charge is 2.02. The van der Waals surface area contributed by atoms with E-state index < -0.39 is 0 Å². The zero-order chi connectivity index (χ0) is 8.10. The van der Waals surface area contributed by atoms with Gasteiger partial charge < -0.3 is 4.52 Å². The largest absolute Gasteiger partial charge is 0.339 e. The summed E-state index contributed by atoms with van der Waals surface area (Å²) in [6, 6.07) is 0. The lowest BCUT2D eigenvalue weighted by atomic mass is 10.2. The average molecular weight is 266 g/mol. The average Bonchev–Trinajstić information content (AvgIpc) is 2.48. The minimum Gasteiger partial charge on any atom is -0.339 e. The Bertz CT molecular complexity index is 212. The Kier molecular flexibility index (Phi) is 3.82. The Morgan fingerprint density at radius 2 is 2.36 bits per heavy atom. The molecule has 0 aliphatic carbocycles. The summed E-state index contributed by atoms with van der Waals surface area (Å²) in [5.74, 6) is 1.58. The van der Waals surface area contributed by atoms with Crippen LogP contribution in [0.1, 0.15) is 31.5 Å². The van der Waals surface area contributed by atoms with Crippen LogP contribution in [0.2, 0.25) is 0 Å². The van der Waals surface area contributed by atoms with Crippen molar-refractivity contribution in [3.05, 3.63) is 11.7 Å². The molecule has 0 aliphatic rings. The van der Waals surface area contributed by atoms with Crippen LogP contribution in [0.15, 0.2) is 4.52 Å². The fraction of sp³-hybridized carbons (Fsp3) is 0.714. The molecule has 1 aromatic rings. The van der Waals surface area contributed by atoms with Crippen LogP contribution in [0.25, 0.3) is 0 Å². The molecule has 0 saturated carbocycles. The molecule has 0 aromatic carbocycles. The predicted octanol–water partition coefficient (Wildman–Crippen LogP) is 2.35. The third-order valence-electron chi connectivity index (χ3n) is 1.38. The van der Waals surface area contributed by atoms with Crippen LogP contribution < -0.4 is 0 Å². The Morgan fingerprint density at radius 1 is 1.55 bits per heavy atom. The summed E-state index contributed by atoms with van der Waals surface area (Å²) in [5.41, 5.74) is 0. The summed E-state index contributed by atoms with van der Waals surface area (Å²) in [6.45, 7) is 2.15. The number of nitrogens with zero attached hydrogens (tertiary/aromatic N) is 2. The molecule has 0 unspecified atom stereocenters. The van der Waals surface area contributed by atoms with E-state index in [4.69, 9.17) is 4.52 Å². The first kappa shape index (κ1) is 8.96. The molecule has 0 bridgehead atoms. The lowest BCUT2D eigenvalue weighted by Crippen LogP contribution is -1.87. The van der Waals surface area contributed by atoms with Gasteiger partial charge in [-0.25, -0.2) is 0 Å². The Labute approximate surface area is 79.7 Å². The van der Waals surface area contributed by atoms with Crippen LogP contribution in [0, 0.1) is 0 Å². The molecular formula is C7H11IN2O. The standard InChI is InChI=1S/C7H11IN2O/c1-2-3-4-6-9-7(5-8)11-10-6/h2-5H2,1H3. The molecule has 4 heteroatoms. The quantitative estimate of drug-likeness (QED) is 0.620. The fourth-order valence-corrected chi connectivity index (χ4v) is 1.09. The first-order chi connectivity index (χ1) is 5.36. The van der Waals surface area contributed by atoms with Crippen molar-refractivity contribution in [3.8, 4) is 0 Å². The first-order valence-electron chi connectivity index (χ1n) is 3.74. The summed E-state index contributed by atoms with van der Waals surface area (Å²) < 4.78 is 5.74. The van der Waals surface area contributed by atoms with E-state index >= 15 is 0 Å². The molecule has 0 amide bonds. The highest BCUT2D eigenvalue weighted by molar-refractivity contribution is 14.1. The second-order valence-corrected chi connectivity index (χ2v) is 3.10. The van der Waals surface area contributed by atoms with Gasteiger partial charge in [-0.05, 0) is 6.42 Å². The molecule has 11 heavy (non-hydrogen) atoms. The van der Waals surface area contributed by atoms with Gasteiger partial charge in [-0.3, -0.25) is 0 Å². The van der Waals surface area contributed by atoms with E-state index in [0.717, 1.165) is 29.0 Å². The predicted molar refractivity (Wildman–Crippen MR) is 50.6 cm³/mol. The number of rotatable bonds is 4. The lowest BCUT2D eigenvalue weighted by Gasteiger charge is -1.87. The van der Waals surface area contributed by atoms with Crippen molar-refractivity contribution in [2.45, 2.75) is 30.6 Å². The van der Waals surface area contributed by atoms with Gasteiger partial charge in [0.1, 0.15) is 0 Å². The SMILES string of the molecule is CCCCc1noc(CI)n1. The van der Waals surface area contributed by atoms with Crippen molar-refractivity contribution in [1.82, 2.24) is 10.1 Å². The molecule has 0 atom stereocenters. The van der Waals surface area contributed by atoms with Crippen LogP contribution in [-0.4, -0.2) is 10.1 Å². The molecule has 0 fully saturated rings. The van der Waals surface area contributed by atoms with E-state index in [1.807, 2.05) is 0 Å². The Hall–Kier alpha value is -0.130. The van der Waals surface area contributed by atoms with Gasteiger partial charge in [-0.2, -0.15) is 4.98 Å². The molecule has 0 spiro atoms. The molecule has 0 N–H and O–H groups in total. The summed E-state index contributed by atoms with van der Waals surface area (Å²) in [5, 5.41) is 3.83. The smallest absolute Gasteiger partial charge is 0.236 e. The fourth-order valence-electron chi connectivity index (χ4n) is 0.781. The zero-order valence-corrected chi connectivity index (χ0v) is 8.67. The van der Waals surface area contributed by atoms with Crippen LogP contribution in [0.4, 0.5) is 0 Å². The van der Waals surface area contributed by atoms with Crippen molar-refractivity contribution in [3.63, 3.8) is 0 Å². The van der Waals surface area contributed by atoms with Crippen LogP contribution in [0.3, 0.4) is 0 Å². The molecule has 0 aliphatic heterocycles. The van der Waals surface area contributed by atoms with Crippen molar-refractivity contribution >= 4 is 22.6 Å². The van der Waals surface area contributed by atoms with Gasteiger partial charge in [0.05, 0.1) is 4.43 Å². The van der Waals surface area contributed by atoms with Gasteiger partial charge in [-0.15, -0.1) is 0 Å². The molecule has 1 heterocycles. The first-order valence-corrected chi connectivity index (χ1v) is 5.26. The van der Waals surface area contributed by atoms with E-state index in [9.17, 15) is 0 Å². The monoisotopic (exact) mass is 266 g/mol. The van der Waals surface area contributed by atoms with Crippen LogP contribution in [0.5, 0.6) is 0 Å². The highest BCUT2D eigenvalue weighted by Crippen LogP contribution is 2.04. The topological polar surface area (TPSA) is 38.9 Å². The molecule has 3 nitrogen and oxygen atoms in total. The number of aryl methyl sites for hydroxylation is 1. The van der Waals surface area contributed by atoms with Crippen molar-refractivity contribution < 1.29 is 4.52 Å². The molecule has 0 saturated heterocycles. The van der Waals surface area contributed by atoms with Gasteiger partial charge >= 0.3 is 0 Å². The molecular weight excluding hydrogens is 255 g/mol. The molecule has 1 rings (SSSR count).